The van der Waals surface area contributed by atoms with Crippen LogP contribution in [0.2, 0.25) is 0 Å². The summed E-state index contributed by atoms with van der Waals surface area (Å²) >= 11 is 0. The lowest BCUT2D eigenvalue weighted by molar-refractivity contribution is -0.135. The maximum atomic E-state index is 10.7. The van der Waals surface area contributed by atoms with Crippen molar-refractivity contribution < 1.29 is 23.5 Å². The van der Waals surface area contributed by atoms with Gasteiger partial charge in [-0.15, -0.1) is 0 Å². The van der Waals surface area contributed by atoms with E-state index in [1.54, 1.807) is 0 Å². The van der Waals surface area contributed by atoms with Crippen LogP contribution in [0.15, 0.2) is 0 Å². The highest BCUT2D eigenvalue weighted by molar-refractivity contribution is 7.40. The first kappa shape index (κ1) is 32.7. The number of unbranched alkanes of at least 4 members (excludes halogenated alkanes) is 16. The maximum Gasteiger partial charge on any atom is 0.330 e. The van der Waals surface area contributed by atoms with Crippen LogP contribution < -0.4 is 0 Å². The molecule has 0 aromatic rings. The smallest absolute Gasteiger partial charge is 0.330 e. The number of carbonyl (C=O) groups is 1. The molecule has 0 aliphatic heterocycles. The molecule has 0 saturated heterocycles. The Kier molecular flexibility index (Phi) is 26.1. The highest BCUT2D eigenvalue weighted by Gasteiger charge is 2.14. The van der Waals surface area contributed by atoms with Crippen LogP contribution in [0.25, 0.3) is 0 Å². The number of hydrogen-bond acceptors (Lipinski definition) is 6. The van der Waals surface area contributed by atoms with Gasteiger partial charge in [-0.25, -0.2) is 0 Å². The molecule has 7 heteroatoms. The molecule has 2 unspecified atom stereocenters. The van der Waals surface area contributed by atoms with Gasteiger partial charge >= 0.3 is 8.60 Å². The molecule has 0 spiro atoms. The van der Waals surface area contributed by atoms with E-state index in [1.165, 1.54) is 96.3 Å². The van der Waals surface area contributed by atoms with E-state index in [0.717, 1.165) is 25.8 Å². The van der Waals surface area contributed by atoms with Gasteiger partial charge in [0.25, 0.3) is 6.47 Å². The molecule has 0 aliphatic rings. The van der Waals surface area contributed by atoms with E-state index in [9.17, 15) is 9.69 Å². The summed E-state index contributed by atoms with van der Waals surface area (Å²) in [6.45, 7) is 4.06. The molecule has 0 rings (SSSR count). The monoisotopic (exact) mass is 491 g/mol. The predicted molar refractivity (Wildman–Crippen MR) is 139 cm³/mol. The van der Waals surface area contributed by atoms with Crippen LogP contribution >= 0.6 is 8.60 Å². The normalized spacial score (nSPS) is 13.4. The highest BCUT2D eigenvalue weighted by atomic mass is 31.2. The first-order valence-electron chi connectivity index (χ1n) is 13.6. The molecule has 0 fully saturated rings. The van der Waals surface area contributed by atoms with Gasteiger partial charge < -0.3 is 23.6 Å². The third-order valence-electron chi connectivity index (χ3n) is 5.99. The number of likely N-dealkylation sites (N-methyl/N-ethyl adjacent to an activating group) is 1. The second kappa shape index (κ2) is 26.3. The molecular weight excluding hydrogens is 437 g/mol. The molecule has 0 aromatic heterocycles. The summed E-state index contributed by atoms with van der Waals surface area (Å²) in [6.07, 6.45) is 23.3. The number of rotatable bonds is 27. The van der Waals surface area contributed by atoms with E-state index >= 15 is 0 Å². The van der Waals surface area contributed by atoms with Crippen molar-refractivity contribution in [3.63, 3.8) is 0 Å². The Morgan fingerprint density at radius 3 is 1.64 bits per heavy atom. The minimum absolute atomic E-state index is 0.182. The summed E-state index contributed by atoms with van der Waals surface area (Å²) in [7, 11) is 1.96. The van der Waals surface area contributed by atoms with Crippen LogP contribution in [-0.4, -0.2) is 56.2 Å². The minimum Gasteiger partial charge on any atom is -0.462 e. The van der Waals surface area contributed by atoms with Crippen LogP contribution in [-0.2, 0) is 18.6 Å². The van der Waals surface area contributed by atoms with Gasteiger partial charge in [0.2, 0.25) is 0 Å². The molecule has 2 atom stereocenters. The zero-order valence-electron chi connectivity index (χ0n) is 22.0. The Labute approximate surface area is 206 Å². The van der Waals surface area contributed by atoms with E-state index in [1.807, 2.05) is 19.0 Å². The average molecular weight is 492 g/mol. The molecule has 0 bridgehead atoms. The average Bonchev–Trinajstić information content (AvgIpc) is 2.79. The highest BCUT2D eigenvalue weighted by Crippen LogP contribution is 2.33. The van der Waals surface area contributed by atoms with Crippen molar-refractivity contribution in [2.24, 2.45) is 0 Å². The quantitative estimate of drug-likeness (QED) is 0.0734. The van der Waals surface area contributed by atoms with E-state index < -0.39 is 8.60 Å². The van der Waals surface area contributed by atoms with Gasteiger partial charge in [0, 0.05) is 6.54 Å². The van der Waals surface area contributed by atoms with E-state index in [2.05, 4.69) is 6.92 Å². The first-order valence-corrected chi connectivity index (χ1v) is 14.7. The number of carbonyl (C=O) groups excluding carboxylic acids is 1. The second-order valence-electron chi connectivity index (χ2n) is 9.47. The lowest BCUT2D eigenvalue weighted by Gasteiger charge is -2.18. The fourth-order valence-electron chi connectivity index (χ4n) is 3.85. The standard InChI is InChI=1S/C26H54NO5P/c1-4-5-6-7-8-9-10-11-12-13-14-15-16-17-18-19-20-21-26(30-25-28)24-32-33(29)31-23-22-27(2)3/h25-26,29H,4-24H2,1-3H3. The van der Waals surface area contributed by atoms with E-state index in [4.69, 9.17) is 13.8 Å². The zero-order chi connectivity index (χ0) is 24.4. The van der Waals surface area contributed by atoms with E-state index in [-0.39, 0.29) is 12.7 Å². The topological polar surface area (TPSA) is 68.2 Å². The van der Waals surface area contributed by atoms with Crippen LogP contribution in [0, 0.1) is 0 Å². The van der Waals surface area contributed by atoms with Crippen LogP contribution in [0.5, 0.6) is 0 Å². The molecule has 0 aliphatic carbocycles. The summed E-state index contributed by atoms with van der Waals surface area (Å²) in [5.74, 6) is 0. The SMILES string of the molecule is CCCCCCCCCCCCCCCCCCCC(COP(O)OCCN(C)C)OC=O. The molecule has 0 aromatic carbocycles. The summed E-state index contributed by atoms with van der Waals surface area (Å²) in [5, 5.41) is 0. The third kappa shape index (κ3) is 26.2. The Hall–Kier alpha value is -0.260. The Morgan fingerprint density at radius 1 is 0.758 bits per heavy atom. The van der Waals surface area contributed by atoms with Crippen LogP contribution in [0.1, 0.15) is 122 Å². The molecule has 0 heterocycles. The Bertz CT molecular complexity index is 401. The molecule has 33 heavy (non-hydrogen) atoms. The number of nitrogens with zero attached hydrogens (tertiary/aromatic N) is 1. The fourth-order valence-corrected chi connectivity index (χ4v) is 4.46. The van der Waals surface area contributed by atoms with Gasteiger partial charge in [-0.05, 0) is 26.9 Å². The van der Waals surface area contributed by atoms with Crippen molar-refractivity contribution in [3.05, 3.63) is 0 Å². The van der Waals surface area contributed by atoms with Crippen LogP contribution in [0.3, 0.4) is 0 Å². The lowest BCUT2D eigenvalue weighted by atomic mass is 10.0. The largest absolute Gasteiger partial charge is 0.462 e. The Morgan fingerprint density at radius 2 is 1.21 bits per heavy atom. The van der Waals surface area contributed by atoms with Gasteiger partial charge in [-0.3, -0.25) is 4.79 Å². The molecule has 0 amide bonds. The predicted octanol–water partition coefficient (Wildman–Crippen LogP) is 7.38. The lowest BCUT2D eigenvalue weighted by Crippen LogP contribution is -2.20. The Balaban J connectivity index is 3.45. The van der Waals surface area contributed by atoms with Gasteiger partial charge in [-0.1, -0.05) is 110 Å². The minimum atomic E-state index is -1.92. The van der Waals surface area contributed by atoms with Crippen LogP contribution in [0.4, 0.5) is 0 Å². The van der Waals surface area contributed by atoms with Gasteiger partial charge in [0.1, 0.15) is 6.10 Å². The molecule has 1 N–H and O–H groups in total. The zero-order valence-corrected chi connectivity index (χ0v) is 22.9. The van der Waals surface area contributed by atoms with Gasteiger partial charge in [0.15, 0.2) is 0 Å². The van der Waals surface area contributed by atoms with Gasteiger partial charge in [-0.2, -0.15) is 0 Å². The van der Waals surface area contributed by atoms with Crippen molar-refractivity contribution >= 4 is 15.1 Å². The summed E-state index contributed by atoms with van der Waals surface area (Å²) < 4.78 is 15.6. The summed E-state index contributed by atoms with van der Waals surface area (Å²) in [6, 6.07) is 0. The number of ether oxygens (including phenoxy) is 1. The van der Waals surface area contributed by atoms with Crippen molar-refractivity contribution in [3.8, 4) is 0 Å². The third-order valence-corrected chi connectivity index (χ3v) is 6.76. The van der Waals surface area contributed by atoms with E-state index in [0.29, 0.717) is 13.1 Å². The summed E-state index contributed by atoms with van der Waals surface area (Å²) in [5.41, 5.74) is 0. The molecular formula is C26H54NO5P. The molecule has 198 valence electrons. The fraction of sp³-hybridized carbons (Fsp3) is 0.962. The molecule has 0 radical (unpaired) electrons. The molecule has 6 nitrogen and oxygen atoms in total. The first-order chi connectivity index (χ1) is 16.1. The van der Waals surface area contributed by atoms with Crippen molar-refractivity contribution in [2.75, 3.05) is 33.9 Å². The second-order valence-corrected chi connectivity index (χ2v) is 10.5. The maximum absolute atomic E-state index is 10.7. The van der Waals surface area contributed by atoms with Gasteiger partial charge in [0.05, 0.1) is 13.2 Å². The number of hydrogen-bond donors (Lipinski definition) is 1. The summed E-state index contributed by atoms with van der Waals surface area (Å²) in [4.78, 5) is 22.4. The van der Waals surface area contributed by atoms with Crippen molar-refractivity contribution in [1.82, 2.24) is 4.90 Å². The van der Waals surface area contributed by atoms with Crippen molar-refractivity contribution in [2.45, 2.75) is 129 Å². The molecule has 0 saturated carbocycles. The van der Waals surface area contributed by atoms with Crippen molar-refractivity contribution in [1.29, 1.82) is 0 Å².